The Morgan fingerprint density at radius 1 is 1.36 bits per heavy atom. The Labute approximate surface area is 149 Å². The van der Waals surface area contributed by atoms with E-state index in [2.05, 4.69) is 15.3 Å². The summed E-state index contributed by atoms with van der Waals surface area (Å²) in [7, 11) is 1.56. The minimum absolute atomic E-state index is 0.00453. The van der Waals surface area contributed by atoms with Crippen molar-refractivity contribution in [1.82, 2.24) is 9.97 Å². The largest absolute Gasteiger partial charge is 0.444 e. The predicted molar refractivity (Wildman–Crippen MR) is 94.9 cm³/mol. The summed E-state index contributed by atoms with van der Waals surface area (Å²) in [6.45, 7) is 4.89. The highest BCUT2D eigenvalue weighted by molar-refractivity contribution is 7.13. The molecule has 0 saturated heterocycles. The topological polar surface area (TPSA) is 105 Å². The molecule has 0 aliphatic rings. The monoisotopic (exact) mass is 364 g/mol. The Hall–Kier alpha value is -2.52. The lowest BCUT2D eigenvalue weighted by Crippen LogP contribution is -2.31. The van der Waals surface area contributed by atoms with Gasteiger partial charge in [0.05, 0.1) is 18.0 Å². The molecule has 2 rings (SSSR count). The molecule has 2 amide bonds. The van der Waals surface area contributed by atoms with E-state index in [0.29, 0.717) is 10.8 Å². The summed E-state index contributed by atoms with van der Waals surface area (Å²) in [6.07, 6.45) is 0.887. The number of amides is 2. The van der Waals surface area contributed by atoms with Crippen molar-refractivity contribution in [3.8, 4) is 0 Å². The highest BCUT2D eigenvalue weighted by Crippen LogP contribution is 2.22. The quantitative estimate of drug-likeness (QED) is 0.864. The maximum Gasteiger partial charge on any atom is 0.412 e. The molecule has 0 bridgehead atoms. The first-order chi connectivity index (χ1) is 11.7. The van der Waals surface area contributed by atoms with E-state index in [1.807, 2.05) is 0 Å². The number of carbonyl (C=O) groups is 2. The number of nitrogens with one attached hydrogen (secondary N) is 1. The van der Waals surface area contributed by atoms with Gasteiger partial charge in [-0.25, -0.2) is 14.8 Å². The molecule has 0 radical (unpaired) electrons. The molecule has 0 atom stereocenters. The number of rotatable bonds is 4. The van der Waals surface area contributed by atoms with E-state index in [1.165, 1.54) is 28.4 Å². The average Bonchev–Trinajstić information content (AvgIpc) is 3.06. The van der Waals surface area contributed by atoms with Gasteiger partial charge in [0.2, 0.25) is 0 Å². The molecule has 2 aromatic heterocycles. The van der Waals surface area contributed by atoms with Crippen LogP contribution in [-0.2, 0) is 11.3 Å². The number of aromatic nitrogens is 2. The highest BCUT2D eigenvalue weighted by Gasteiger charge is 2.23. The summed E-state index contributed by atoms with van der Waals surface area (Å²) < 4.78 is 5.20. The van der Waals surface area contributed by atoms with Crippen molar-refractivity contribution in [1.29, 1.82) is 0 Å². The molecule has 0 unspecified atom stereocenters. The number of aliphatic hydroxyl groups excluding tert-OH is 1. The zero-order valence-corrected chi connectivity index (χ0v) is 15.3. The van der Waals surface area contributed by atoms with Gasteiger partial charge in [-0.2, -0.15) is 0 Å². The summed E-state index contributed by atoms with van der Waals surface area (Å²) >= 11 is 1.30. The molecule has 0 aromatic carbocycles. The number of pyridine rings is 1. The third kappa shape index (κ3) is 4.97. The lowest BCUT2D eigenvalue weighted by molar-refractivity contribution is 0.0636. The van der Waals surface area contributed by atoms with Crippen molar-refractivity contribution < 1.29 is 19.4 Å². The fourth-order valence-corrected chi connectivity index (χ4v) is 2.50. The number of hydrogen-bond donors (Lipinski definition) is 2. The van der Waals surface area contributed by atoms with Crippen LogP contribution in [0.3, 0.4) is 0 Å². The molecular formula is C16H20N4O4S. The number of anilines is 2. The number of thiazole rings is 1. The second-order valence-corrected chi connectivity index (χ2v) is 7.04. The molecule has 0 aliphatic carbocycles. The highest BCUT2D eigenvalue weighted by atomic mass is 32.1. The van der Waals surface area contributed by atoms with Gasteiger partial charge >= 0.3 is 6.09 Å². The molecule has 25 heavy (non-hydrogen) atoms. The second kappa shape index (κ2) is 7.58. The predicted octanol–water partition coefficient (Wildman–Crippen LogP) is 2.65. The third-order valence-corrected chi connectivity index (χ3v) is 3.81. The number of aliphatic hydroxyl groups is 1. The van der Waals surface area contributed by atoms with Crippen LogP contribution >= 0.6 is 11.3 Å². The first-order valence-corrected chi connectivity index (χ1v) is 8.37. The lowest BCUT2D eigenvalue weighted by Gasteiger charge is -2.21. The second-order valence-electron chi connectivity index (χ2n) is 6.16. The van der Waals surface area contributed by atoms with Gasteiger partial charge in [0.15, 0.2) is 10.8 Å². The minimum Gasteiger partial charge on any atom is -0.444 e. The van der Waals surface area contributed by atoms with E-state index in [0.717, 1.165) is 0 Å². The summed E-state index contributed by atoms with van der Waals surface area (Å²) in [5.74, 6) is -0.462. The van der Waals surface area contributed by atoms with Crippen LogP contribution in [0, 0.1) is 0 Å². The van der Waals surface area contributed by atoms with E-state index in [9.17, 15) is 14.7 Å². The Bertz CT molecular complexity index is 756. The zero-order chi connectivity index (χ0) is 18.6. The van der Waals surface area contributed by atoms with Crippen LogP contribution in [0.1, 0.15) is 37.0 Å². The van der Waals surface area contributed by atoms with Crippen molar-refractivity contribution in [2.24, 2.45) is 0 Å². The van der Waals surface area contributed by atoms with Crippen molar-refractivity contribution >= 4 is 34.2 Å². The smallest absolute Gasteiger partial charge is 0.412 e. The van der Waals surface area contributed by atoms with Gasteiger partial charge in [-0.3, -0.25) is 15.0 Å². The van der Waals surface area contributed by atoms with Crippen LogP contribution in [0.25, 0.3) is 0 Å². The summed E-state index contributed by atoms with van der Waals surface area (Å²) in [6, 6.07) is 3.03. The molecule has 0 fully saturated rings. The van der Waals surface area contributed by atoms with Crippen LogP contribution in [0.4, 0.5) is 15.6 Å². The molecule has 8 nitrogen and oxygen atoms in total. The van der Waals surface area contributed by atoms with Crippen LogP contribution < -0.4 is 10.2 Å². The van der Waals surface area contributed by atoms with Crippen LogP contribution in [-0.4, -0.2) is 39.7 Å². The van der Waals surface area contributed by atoms with Gasteiger partial charge in [0.25, 0.3) is 5.91 Å². The van der Waals surface area contributed by atoms with Gasteiger partial charge in [-0.05, 0) is 32.9 Å². The van der Waals surface area contributed by atoms with Gasteiger partial charge < -0.3 is 9.84 Å². The summed E-state index contributed by atoms with van der Waals surface area (Å²) in [4.78, 5) is 34.3. The maximum atomic E-state index is 12.8. The molecule has 0 saturated carbocycles. The maximum absolute atomic E-state index is 12.8. The zero-order valence-electron chi connectivity index (χ0n) is 14.4. The Morgan fingerprint density at radius 2 is 2.08 bits per heavy atom. The van der Waals surface area contributed by atoms with Crippen molar-refractivity contribution in [3.05, 3.63) is 35.1 Å². The van der Waals surface area contributed by atoms with E-state index in [1.54, 1.807) is 39.4 Å². The van der Waals surface area contributed by atoms with Crippen LogP contribution in [0.2, 0.25) is 0 Å². The number of hydrogen-bond acceptors (Lipinski definition) is 7. The third-order valence-electron chi connectivity index (χ3n) is 2.96. The Balaban J connectivity index is 2.31. The van der Waals surface area contributed by atoms with Crippen LogP contribution in [0.15, 0.2) is 23.7 Å². The van der Waals surface area contributed by atoms with Crippen molar-refractivity contribution in [2.75, 3.05) is 17.3 Å². The Kier molecular flexibility index (Phi) is 5.70. The van der Waals surface area contributed by atoms with Gasteiger partial charge in [-0.1, -0.05) is 0 Å². The first kappa shape index (κ1) is 18.8. The average molecular weight is 364 g/mol. The van der Waals surface area contributed by atoms with E-state index < -0.39 is 17.6 Å². The van der Waals surface area contributed by atoms with E-state index in [4.69, 9.17) is 4.74 Å². The molecule has 0 aliphatic heterocycles. The molecular weight excluding hydrogens is 344 g/mol. The fraction of sp³-hybridized carbons (Fsp3) is 0.375. The molecule has 9 heteroatoms. The molecule has 134 valence electrons. The number of ether oxygens (including phenoxy) is 1. The molecule has 0 spiro atoms. The van der Waals surface area contributed by atoms with Crippen molar-refractivity contribution in [3.63, 3.8) is 0 Å². The molecule has 2 N–H and O–H groups in total. The fourth-order valence-electron chi connectivity index (χ4n) is 1.89. The van der Waals surface area contributed by atoms with Gasteiger partial charge in [0, 0.05) is 18.6 Å². The minimum atomic E-state index is -0.697. The van der Waals surface area contributed by atoms with E-state index >= 15 is 0 Å². The van der Waals surface area contributed by atoms with Crippen LogP contribution in [0.5, 0.6) is 0 Å². The standard InChI is InChI=1S/C16H20N4O4S/c1-16(2,3)24-15(23)19-11-6-5-10(9-21)18-12(11)13(22)20(4)14-17-7-8-25-14/h5-8,21H,9H2,1-4H3,(H,19,23). The summed E-state index contributed by atoms with van der Waals surface area (Å²) in [5.41, 5.74) is -0.176. The van der Waals surface area contributed by atoms with Crippen molar-refractivity contribution in [2.45, 2.75) is 33.0 Å². The SMILES string of the molecule is CN(C(=O)c1nc(CO)ccc1NC(=O)OC(C)(C)C)c1nccs1. The molecule has 2 heterocycles. The van der Waals surface area contributed by atoms with Gasteiger partial charge in [0.1, 0.15) is 5.60 Å². The number of nitrogens with zero attached hydrogens (tertiary/aromatic N) is 3. The normalized spacial score (nSPS) is 11.1. The van der Waals surface area contributed by atoms with E-state index in [-0.39, 0.29) is 18.0 Å². The Morgan fingerprint density at radius 3 is 2.64 bits per heavy atom. The van der Waals surface area contributed by atoms with Gasteiger partial charge in [-0.15, -0.1) is 11.3 Å². The molecule has 2 aromatic rings. The number of carbonyl (C=O) groups excluding carboxylic acids is 2. The summed E-state index contributed by atoms with van der Waals surface area (Å²) in [5, 5.41) is 14.0. The lowest BCUT2D eigenvalue weighted by atomic mass is 10.2. The first-order valence-electron chi connectivity index (χ1n) is 7.49.